The third kappa shape index (κ3) is 5.94. The molecule has 3 rings (SSSR count). The highest BCUT2D eigenvalue weighted by Crippen LogP contribution is 2.23. The van der Waals surface area contributed by atoms with Gasteiger partial charge in [-0.3, -0.25) is 19.1 Å². The molecule has 0 aliphatic heterocycles. The minimum Gasteiger partial charge on any atom is -0.370 e. The van der Waals surface area contributed by atoms with Gasteiger partial charge in [-0.2, -0.15) is 5.10 Å². The minimum atomic E-state index is -0.862. The molecule has 1 aromatic heterocycles. The van der Waals surface area contributed by atoms with Gasteiger partial charge in [-0.25, -0.2) is 4.39 Å². The molecular formula is C24H28FN5O3. The number of benzene rings is 2. The van der Waals surface area contributed by atoms with Crippen LogP contribution in [-0.2, 0) is 16.1 Å². The van der Waals surface area contributed by atoms with Crippen LogP contribution in [0.3, 0.4) is 0 Å². The molecule has 2 aromatic carbocycles. The number of hydrogen-bond donors (Lipinski definition) is 3. The van der Waals surface area contributed by atoms with Gasteiger partial charge in [-0.15, -0.1) is 0 Å². The van der Waals surface area contributed by atoms with Crippen molar-refractivity contribution in [2.24, 2.45) is 11.1 Å². The normalized spacial score (nSPS) is 12.4. The van der Waals surface area contributed by atoms with Crippen LogP contribution in [0.1, 0.15) is 43.2 Å². The molecule has 0 fully saturated rings. The van der Waals surface area contributed by atoms with Crippen molar-refractivity contribution in [3.8, 4) is 0 Å². The van der Waals surface area contributed by atoms with Crippen molar-refractivity contribution in [1.82, 2.24) is 20.4 Å². The fourth-order valence-corrected chi connectivity index (χ4v) is 3.46. The fourth-order valence-electron chi connectivity index (χ4n) is 3.46. The summed E-state index contributed by atoms with van der Waals surface area (Å²) in [5.74, 6) is -1.75. The van der Waals surface area contributed by atoms with Crippen LogP contribution in [0.15, 0.2) is 48.5 Å². The van der Waals surface area contributed by atoms with E-state index in [-0.39, 0.29) is 24.5 Å². The molecule has 1 heterocycles. The van der Waals surface area contributed by atoms with Gasteiger partial charge in [-0.05, 0) is 29.2 Å². The lowest BCUT2D eigenvalue weighted by atomic mass is 9.86. The highest BCUT2D eigenvalue weighted by molar-refractivity contribution is 6.06. The first-order chi connectivity index (χ1) is 15.6. The third-order valence-corrected chi connectivity index (χ3v) is 5.19. The van der Waals surface area contributed by atoms with Crippen LogP contribution in [0.2, 0.25) is 0 Å². The smallest absolute Gasteiger partial charge is 0.273 e. The summed E-state index contributed by atoms with van der Waals surface area (Å²) in [6.45, 7) is 5.93. The van der Waals surface area contributed by atoms with Gasteiger partial charge >= 0.3 is 0 Å². The lowest BCUT2D eigenvalue weighted by Crippen LogP contribution is -2.54. The number of nitrogens with two attached hydrogens (primary N) is 1. The number of carbonyl (C=O) groups excluding carboxylic acids is 3. The summed E-state index contributed by atoms with van der Waals surface area (Å²) in [6, 6.07) is 12.5. The van der Waals surface area contributed by atoms with E-state index in [2.05, 4.69) is 15.7 Å². The topological polar surface area (TPSA) is 119 Å². The van der Waals surface area contributed by atoms with E-state index in [0.717, 1.165) is 11.1 Å². The number of carbonyl (C=O) groups is 3. The Morgan fingerprint density at radius 2 is 1.76 bits per heavy atom. The number of nitrogens with one attached hydrogen (secondary N) is 2. The molecule has 8 nitrogen and oxygen atoms in total. The van der Waals surface area contributed by atoms with Gasteiger partial charge in [0.15, 0.2) is 5.69 Å². The average Bonchev–Trinajstić information content (AvgIpc) is 3.11. The predicted octanol–water partition coefficient (Wildman–Crippen LogP) is 2.36. The van der Waals surface area contributed by atoms with Crippen molar-refractivity contribution < 1.29 is 18.8 Å². The summed E-state index contributed by atoms with van der Waals surface area (Å²) in [4.78, 5) is 36.9. The van der Waals surface area contributed by atoms with E-state index in [9.17, 15) is 18.8 Å². The molecule has 1 atom stereocenters. The van der Waals surface area contributed by atoms with Crippen molar-refractivity contribution in [1.29, 1.82) is 0 Å². The molecule has 33 heavy (non-hydrogen) atoms. The van der Waals surface area contributed by atoms with E-state index in [4.69, 9.17) is 5.73 Å². The molecule has 3 amide bonds. The highest BCUT2D eigenvalue weighted by atomic mass is 19.1. The first-order valence-electron chi connectivity index (χ1n) is 10.6. The maximum absolute atomic E-state index is 13.3. The van der Waals surface area contributed by atoms with Crippen molar-refractivity contribution in [2.75, 3.05) is 6.54 Å². The minimum absolute atomic E-state index is 0.00891. The number of hydrogen-bond acceptors (Lipinski definition) is 4. The molecule has 0 unspecified atom stereocenters. The summed E-state index contributed by atoms with van der Waals surface area (Å²) < 4.78 is 14.9. The van der Waals surface area contributed by atoms with Crippen LogP contribution in [0.4, 0.5) is 4.39 Å². The molecule has 0 radical (unpaired) electrons. The number of halogens is 1. The zero-order valence-electron chi connectivity index (χ0n) is 18.9. The Bertz CT molecular complexity index is 1170. The second kappa shape index (κ2) is 9.81. The van der Waals surface area contributed by atoms with Crippen LogP contribution in [0.25, 0.3) is 10.9 Å². The second-order valence-electron chi connectivity index (χ2n) is 8.93. The standard InChI is InChI=1S/C24H28FN5O3/c1-24(2,3)21(23(33)27-13-12-19(26)31)28-22(32)20-17-6-4-5-7-18(17)30(29-20)14-15-8-10-16(25)11-9-15/h4-11,21H,12-14H2,1-3H3,(H2,26,31)(H,27,33)(H,28,32)/t21-/m1/s1. The number of fused-ring (bicyclic) bond motifs is 1. The molecule has 0 saturated carbocycles. The third-order valence-electron chi connectivity index (χ3n) is 5.19. The van der Waals surface area contributed by atoms with Gasteiger partial charge < -0.3 is 16.4 Å². The maximum atomic E-state index is 13.3. The Hall–Kier alpha value is -3.75. The van der Waals surface area contributed by atoms with Crippen LogP contribution >= 0.6 is 0 Å². The Labute approximate surface area is 191 Å². The van der Waals surface area contributed by atoms with E-state index in [0.29, 0.717) is 11.9 Å². The van der Waals surface area contributed by atoms with Gasteiger partial charge in [0.2, 0.25) is 11.8 Å². The number of aromatic nitrogens is 2. The predicted molar refractivity (Wildman–Crippen MR) is 123 cm³/mol. The monoisotopic (exact) mass is 453 g/mol. The van der Waals surface area contributed by atoms with Gasteiger partial charge in [-0.1, -0.05) is 51.1 Å². The summed E-state index contributed by atoms with van der Waals surface area (Å²) in [5.41, 5.74) is 6.29. The number of para-hydroxylation sites is 1. The molecule has 9 heteroatoms. The Morgan fingerprint density at radius 3 is 2.39 bits per heavy atom. The first-order valence-corrected chi connectivity index (χ1v) is 10.6. The van der Waals surface area contributed by atoms with Crippen molar-refractivity contribution >= 4 is 28.6 Å². The van der Waals surface area contributed by atoms with Crippen molar-refractivity contribution in [3.63, 3.8) is 0 Å². The molecule has 0 bridgehead atoms. The largest absolute Gasteiger partial charge is 0.370 e. The van der Waals surface area contributed by atoms with E-state index in [1.54, 1.807) is 28.9 Å². The second-order valence-corrected chi connectivity index (χ2v) is 8.93. The molecule has 0 saturated heterocycles. The summed E-state index contributed by atoms with van der Waals surface area (Å²) in [7, 11) is 0. The Morgan fingerprint density at radius 1 is 1.09 bits per heavy atom. The average molecular weight is 454 g/mol. The van der Waals surface area contributed by atoms with Gasteiger partial charge in [0, 0.05) is 18.4 Å². The number of nitrogens with zero attached hydrogens (tertiary/aromatic N) is 2. The Balaban J connectivity index is 1.86. The lowest BCUT2D eigenvalue weighted by Gasteiger charge is -2.30. The molecule has 0 aliphatic rings. The Kier molecular flexibility index (Phi) is 7.10. The van der Waals surface area contributed by atoms with Crippen molar-refractivity contribution in [2.45, 2.75) is 39.8 Å². The fraction of sp³-hybridized carbons (Fsp3) is 0.333. The van der Waals surface area contributed by atoms with Crippen LogP contribution in [-0.4, -0.2) is 40.1 Å². The van der Waals surface area contributed by atoms with Gasteiger partial charge in [0.05, 0.1) is 12.1 Å². The summed E-state index contributed by atoms with van der Waals surface area (Å²) >= 11 is 0. The molecular weight excluding hydrogens is 425 g/mol. The van der Waals surface area contributed by atoms with Crippen LogP contribution in [0, 0.1) is 11.2 Å². The molecule has 0 aliphatic carbocycles. The van der Waals surface area contributed by atoms with Crippen molar-refractivity contribution in [3.05, 3.63) is 65.6 Å². The quantitative estimate of drug-likeness (QED) is 0.485. The highest BCUT2D eigenvalue weighted by Gasteiger charge is 2.34. The number of primary amides is 1. The summed E-state index contributed by atoms with van der Waals surface area (Å²) in [5, 5.41) is 10.6. The van der Waals surface area contributed by atoms with E-state index in [1.807, 2.05) is 32.9 Å². The summed E-state index contributed by atoms with van der Waals surface area (Å²) in [6.07, 6.45) is 0.00891. The van der Waals surface area contributed by atoms with E-state index in [1.165, 1.54) is 12.1 Å². The number of rotatable bonds is 8. The molecule has 3 aromatic rings. The molecule has 4 N–H and O–H groups in total. The zero-order chi connectivity index (χ0) is 24.2. The van der Waals surface area contributed by atoms with Crippen LogP contribution < -0.4 is 16.4 Å². The SMILES string of the molecule is CC(C)(C)[C@H](NC(=O)c1nn(Cc2ccc(F)cc2)c2ccccc12)C(=O)NCCC(N)=O. The molecule has 0 spiro atoms. The van der Waals surface area contributed by atoms with Gasteiger partial charge in [0.25, 0.3) is 5.91 Å². The zero-order valence-corrected chi connectivity index (χ0v) is 18.9. The maximum Gasteiger partial charge on any atom is 0.273 e. The van der Waals surface area contributed by atoms with Gasteiger partial charge in [0.1, 0.15) is 11.9 Å². The molecule has 174 valence electrons. The lowest BCUT2D eigenvalue weighted by molar-refractivity contribution is -0.125. The van der Waals surface area contributed by atoms with E-state index < -0.39 is 29.2 Å². The van der Waals surface area contributed by atoms with Crippen LogP contribution in [0.5, 0.6) is 0 Å². The number of amides is 3. The first kappa shape index (κ1) is 23.9. The van der Waals surface area contributed by atoms with E-state index >= 15 is 0 Å².